The molecule has 7 rings (SSSR count). The van der Waals surface area contributed by atoms with Gasteiger partial charge in [-0.2, -0.15) is 0 Å². The Bertz CT molecular complexity index is 1450. The maximum absolute atomic E-state index is 15.6. The average molecular weight is 486 g/mol. The molecule has 2 aliphatic carbocycles. The lowest BCUT2D eigenvalue weighted by molar-refractivity contribution is -0.131. The van der Waals surface area contributed by atoms with Crippen molar-refractivity contribution in [1.82, 2.24) is 9.80 Å². The molecule has 0 bridgehead atoms. The lowest BCUT2D eigenvalue weighted by Crippen LogP contribution is -2.41. The molecular formula is C29H28FN3O3. The number of benzene rings is 2. The fourth-order valence-corrected chi connectivity index (χ4v) is 5.74. The molecule has 1 aromatic heterocycles. The van der Waals surface area contributed by atoms with Crippen LogP contribution in [0.2, 0.25) is 0 Å². The molecule has 2 amide bonds. The first kappa shape index (κ1) is 21.8. The van der Waals surface area contributed by atoms with Crippen LogP contribution in [0.3, 0.4) is 0 Å². The molecular weight excluding hydrogens is 457 g/mol. The summed E-state index contributed by atoms with van der Waals surface area (Å²) in [6.45, 7) is 3.79. The van der Waals surface area contributed by atoms with Gasteiger partial charge in [0, 0.05) is 30.9 Å². The fraction of sp³-hybridized carbons (Fsp3) is 0.414. The highest BCUT2D eigenvalue weighted by atomic mass is 19.1. The van der Waals surface area contributed by atoms with Crippen molar-refractivity contribution in [2.24, 2.45) is 16.8 Å². The molecule has 1 saturated heterocycles. The van der Waals surface area contributed by atoms with E-state index in [1.165, 1.54) is 6.07 Å². The summed E-state index contributed by atoms with van der Waals surface area (Å²) < 4.78 is 21.2. The maximum Gasteiger partial charge on any atom is 0.256 e. The summed E-state index contributed by atoms with van der Waals surface area (Å²) in [5.74, 6) is 1.51. The normalized spacial score (nSPS) is 22.7. The predicted molar refractivity (Wildman–Crippen MR) is 134 cm³/mol. The predicted octanol–water partition coefficient (Wildman–Crippen LogP) is 4.93. The quantitative estimate of drug-likeness (QED) is 0.515. The van der Waals surface area contributed by atoms with Crippen LogP contribution in [0.4, 0.5) is 4.39 Å². The summed E-state index contributed by atoms with van der Waals surface area (Å²) in [7, 11) is 0. The third-order valence-electron chi connectivity index (χ3n) is 8.09. The Morgan fingerprint density at radius 1 is 1.11 bits per heavy atom. The Balaban J connectivity index is 1.15. The van der Waals surface area contributed by atoms with Crippen molar-refractivity contribution >= 4 is 28.6 Å². The summed E-state index contributed by atoms with van der Waals surface area (Å²) in [6.07, 6.45) is 4.28. The van der Waals surface area contributed by atoms with Gasteiger partial charge in [-0.1, -0.05) is 12.1 Å². The van der Waals surface area contributed by atoms with Gasteiger partial charge < -0.3 is 9.32 Å². The van der Waals surface area contributed by atoms with E-state index in [2.05, 4.69) is 0 Å². The minimum absolute atomic E-state index is 0.0197. The van der Waals surface area contributed by atoms with Gasteiger partial charge in [0.2, 0.25) is 5.91 Å². The van der Waals surface area contributed by atoms with E-state index in [0.29, 0.717) is 37.3 Å². The Hall–Kier alpha value is -3.48. The largest absolute Gasteiger partial charge is 0.461 e. The molecule has 4 aliphatic rings. The Morgan fingerprint density at radius 3 is 2.64 bits per heavy atom. The zero-order valence-electron chi connectivity index (χ0n) is 20.3. The number of nitrogens with zero attached hydrogens (tertiary/aromatic N) is 3. The van der Waals surface area contributed by atoms with Crippen LogP contribution in [0.1, 0.15) is 43.4 Å². The highest BCUT2D eigenvalue weighted by molar-refractivity contribution is 6.16. The first-order valence-electron chi connectivity index (χ1n) is 12.9. The summed E-state index contributed by atoms with van der Waals surface area (Å²) in [6, 6.07) is 13.0. The average Bonchev–Trinajstić information content (AvgIpc) is 3.76. The smallest absolute Gasteiger partial charge is 0.256 e. The number of carbonyl (C=O) groups excluding carboxylic acids is 2. The van der Waals surface area contributed by atoms with Gasteiger partial charge in [0.15, 0.2) is 0 Å². The molecule has 0 N–H and O–H groups in total. The second-order valence-corrected chi connectivity index (χ2v) is 10.9. The van der Waals surface area contributed by atoms with Crippen molar-refractivity contribution < 1.29 is 18.4 Å². The summed E-state index contributed by atoms with van der Waals surface area (Å²) in [5, 5.41) is 0.980. The third kappa shape index (κ3) is 3.55. The van der Waals surface area contributed by atoms with Crippen LogP contribution in [0.15, 0.2) is 51.9 Å². The Kier molecular flexibility index (Phi) is 4.69. The number of rotatable bonds is 5. The molecule has 2 aliphatic heterocycles. The second kappa shape index (κ2) is 7.76. The zero-order valence-corrected chi connectivity index (χ0v) is 20.3. The van der Waals surface area contributed by atoms with Crippen LogP contribution >= 0.6 is 0 Å². The molecule has 3 fully saturated rings. The number of likely N-dealkylation sites (tertiary alicyclic amines) is 1. The van der Waals surface area contributed by atoms with Crippen LogP contribution < -0.4 is 0 Å². The summed E-state index contributed by atoms with van der Waals surface area (Å²) in [4.78, 5) is 34.2. The van der Waals surface area contributed by atoms with Gasteiger partial charge in [-0.3, -0.25) is 19.5 Å². The van der Waals surface area contributed by atoms with Crippen LogP contribution in [0, 0.1) is 24.6 Å². The number of aliphatic imine (C=N–C) groups is 1. The molecule has 184 valence electrons. The topological polar surface area (TPSA) is 66.1 Å². The monoisotopic (exact) mass is 485 g/mol. The first-order valence-corrected chi connectivity index (χ1v) is 12.9. The number of amidine groups is 1. The van der Waals surface area contributed by atoms with Crippen LogP contribution in [0.5, 0.6) is 0 Å². The minimum Gasteiger partial charge on any atom is -0.461 e. The first-order chi connectivity index (χ1) is 17.4. The number of fused-ring (bicyclic) bond motifs is 1. The molecule has 7 heteroatoms. The van der Waals surface area contributed by atoms with Crippen molar-refractivity contribution in [3.8, 4) is 11.1 Å². The number of furan rings is 1. The van der Waals surface area contributed by atoms with E-state index < -0.39 is 5.54 Å². The Labute approximate surface area is 208 Å². The van der Waals surface area contributed by atoms with E-state index in [0.717, 1.165) is 53.7 Å². The number of carbonyl (C=O) groups is 2. The molecule has 36 heavy (non-hydrogen) atoms. The van der Waals surface area contributed by atoms with Crippen molar-refractivity contribution in [1.29, 1.82) is 0 Å². The lowest BCUT2D eigenvalue weighted by atomic mass is 10.0. The number of aryl methyl sites for hydroxylation is 1. The third-order valence-corrected chi connectivity index (χ3v) is 8.09. The van der Waals surface area contributed by atoms with Gasteiger partial charge in [0.1, 0.15) is 28.5 Å². The molecule has 1 unspecified atom stereocenters. The molecule has 2 aromatic carbocycles. The van der Waals surface area contributed by atoms with Crippen molar-refractivity contribution in [3.05, 3.63) is 59.6 Å². The number of amides is 2. The second-order valence-electron chi connectivity index (χ2n) is 10.9. The van der Waals surface area contributed by atoms with Gasteiger partial charge in [-0.05, 0) is 86.4 Å². The molecule has 0 radical (unpaired) electrons. The van der Waals surface area contributed by atoms with Gasteiger partial charge in [0.25, 0.3) is 5.91 Å². The zero-order chi connectivity index (χ0) is 24.6. The lowest BCUT2D eigenvalue weighted by Gasteiger charge is -2.24. The number of halogens is 1. The van der Waals surface area contributed by atoms with E-state index in [1.54, 1.807) is 11.0 Å². The maximum atomic E-state index is 15.6. The summed E-state index contributed by atoms with van der Waals surface area (Å²) >= 11 is 0. The number of hydrogen-bond acceptors (Lipinski definition) is 4. The fourth-order valence-electron chi connectivity index (χ4n) is 5.74. The van der Waals surface area contributed by atoms with E-state index in [4.69, 9.17) is 9.41 Å². The number of hydrogen-bond donors (Lipinski definition) is 0. The SMILES string of the molecule is Cc1cc2cc(-c3ccc(C4=NC5(CC5)C(=O)N4CC4CCN(C(=O)C5CC5)C4)c(F)c3)ccc2o1. The van der Waals surface area contributed by atoms with E-state index in [-0.39, 0.29) is 29.5 Å². The highest BCUT2D eigenvalue weighted by Gasteiger charge is 2.58. The van der Waals surface area contributed by atoms with Crippen LogP contribution in [0.25, 0.3) is 22.1 Å². The summed E-state index contributed by atoms with van der Waals surface area (Å²) in [5.41, 5.74) is 2.13. The molecule has 2 saturated carbocycles. The van der Waals surface area contributed by atoms with Crippen molar-refractivity contribution in [3.63, 3.8) is 0 Å². The van der Waals surface area contributed by atoms with E-state index >= 15 is 4.39 Å². The van der Waals surface area contributed by atoms with Crippen LogP contribution in [-0.4, -0.2) is 52.6 Å². The molecule has 1 atom stereocenters. The minimum atomic E-state index is -0.702. The van der Waals surface area contributed by atoms with Crippen molar-refractivity contribution in [2.75, 3.05) is 19.6 Å². The highest BCUT2D eigenvalue weighted by Crippen LogP contribution is 2.46. The molecule has 1 spiro atoms. The van der Waals surface area contributed by atoms with Gasteiger partial charge >= 0.3 is 0 Å². The standard InChI is InChI=1S/C29H28FN3O3/c1-17-12-22-13-20(5-7-25(22)36-17)21-4-6-23(24(30)14-21)26-31-29(9-10-29)28(35)33(26)16-18-8-11-32(15-18)27(34)19-2-3-19/h4-7,12-14,18-19H,2-3,8-11,15-16H2,1H3. The molecule has 3 aromatic rings. The molecule has 6 nitrogen and oxygen atoms in total. The van der Waals surface area contributed by atoms with E-state index in [9.17, 15) is 9.59 Å². The molecule has 3 heterocycles. The Morgan fingerprint density at radius 2 is 1.89 bits per heavy atom. The van der Waals surface area contributed by atoms with Crippen molar-refractivity contribution in [2.45, 2.75) is 44.6 Å². The van der Waals surface area contributed by atoms with Gasteiger partial charge in [-0.25, -0.2) is 4.39 Å². The van der Waals surface area contributed by atoms with Gasteiger partial charge in [0.05, 0.1) is 5.56 Å². The van der Waals surface area contributed by atoms with Gasteiger partial charge in [-0.15, -0.1) is 0 Å². The van der Waals surface area contributed by atoms with Crippen LogP contribution in [-0.2, 0) is 9.59 Å². The van der Waals surface area contributed by atoms with E-state index in [1.807, 2.05) is 42.2 Å².